The molecule has 0 atom stereocenters. The molecule has 178 valence electrons. The van der Waals surface area contributed by atoms with Crippen molar-refractivity contribution in [1.82, 2.24) is 0 Å². The average molecular weight is 477 g/mol. The van der Waals surface area contributed by atoms with Crippen LogP contribution in [0.25, 0.3) is 28.1 Å². The number of aliphatic hydroxyl groups is 1. The first-order valence-corrected chi connectivity index (χ1v) is 11.5. The zero-order chi connectivity index (χ0) is 24.9. The fourth-order valence-corrected chi connectivity index (χ4v) is 3.99. The summed E-state index contributed by atoms with van der Waals surface area (Å²) in [6.45, 7) is 0.493. The highest BCUT2D eigenvalue weighted by molar-refractivity contribution is 6.12. The third-order valence-electron chi connectivity index (χ3n) is 5.85. The zero-order valence-electron chi connectivity index (χ0n) is 19.7. The number of ketones is 1. The highest BCUT2D eigenvalue weighted by atomic mass is 16.5. The van der Waals surface area contributed by atoms with Crippen molar-refractivity contribution < 1.29 is 23.8 Å². The molecule has 4 aromatic carbocycles. The standard InChI is InChI=1S/C31H24O5/c1-34-31-25(28(33)19-27(32)22-10-6-3-7-11-22)16-17-29-26(31)18-30(36-29)23-12-14-24(15-13-23)35-20-21-8-4-2-5-9-21/h2-19,32H,20H2,1H3/b27-19-. The summed E-state index contributed by atoms with van der Waals surface area (Å²) in [5.41, 5.74) is 3.47. The Bertz CT molecular complexity index is 1510. The van der Waals surface area contributed by atoms with Gasteiger partial charge in [-0.15, -0.1) is 0 Å². The molecule has 5 heteroatoms. The van der Waals surface area contributed by atoms with Crippen molar-refractivity contribution in [3.05, 3.63) is 126 Å². The maximum absolute atomic E-state index is 13.0. The highest BCUT2D eigenvalue weighted by Crippen LogP contribution is 2.37. The van der Waals surface area contributed by atoms with Crippen molar-refractivity contribution in [1.29, 1.82) is 0 Å². The molecule has 1 aromatic heterocycles. The summed E-state index contributed by atoms with van der Waals surface area (Å²) in [6.07, 6.45) is 1.20. The van der Waals surface area contributed by atoms with Crippen molar-refractivity contribution >= 4 is 22.5 Å². The number of ether oxygens (including phenoxy) is 2. The molecule has 0 amide bonds. The molecule has 36 heavy (non-hydrogen) atoms. The lowest BCUT2D eigenvalue weighted by molar-refractivity contribution is 0.104. The Morgan fingerprint density at radius 3 is 2.28 bits per heavy atom. The van der Waals surface area contributed by atoms with E-state index in [4.69, 9.17) is 13.9 Å². The second-order valence-corrected chi connectivity index (χ2v) is 8.23. The van der Waals surface area contributed by atoms with Gasteiger partial charge in [-0.2, -0.15) is 0 Å². The van der Waals surface area contributed by atoms with Crippen LogP contribution in [0, 0.1) is 0 Å². The highest BCUT2D eigenvalue weighted by Gasteiger charge is 2.18. The van der Waals surface area contributed by atoms with Crippen LogP contribution in [-0.4, -0.2) is 18.0 Å². The average Bonchev–Trinajstić information content (AvgIpc) is 3.37. The second kappa shape index (κ2) is 10.2. The summed E-state index contributed by atoms with van der Waals surface area (Å²) in [4.78, 5) is 13.0. The van der Waals surface area contributed by atoms with E-state index in [-0.39, 0.29) is 11.5 Å². The van der Waals surface area contributed by atoms with Crippen LogP contribution in [0.3, 0.4) is 0 Å². The fraction of sp³-hybridized carbons (Fsp3) is 0.0645. The van der Waals surface area contributed by atoms with Crippen LogP contribution in [0.2, 0.25) is 0 Å². The van der Waals surface area contributed by atoms with Crippen LogP contribution in [0.4, 0.5) is 0 Å². The molecule has 0 saturated heterocycles. The van der Waals surface area contributed by atoms with Crippen molar-refractivity contribution in [2.45, 2.75) is 6.61 Å². The van der Waals surface area contributed by atoms with E-state index in [0.29, 0.717) is 40.2 Å². The Morgan fingerprint density at radius 1 is 0.889 bits per heavy atom. The number of methoxy groups -OCH3 is 1. The van der Waals surface area contributed by atoms with Crippen LogP contribution in [0.15, 0.2) is 114 Å². The predicted octanol–water partition coefficient (Wildman–Crippen LogP) is 7.47. The SMILES string of the molecule is COc1c(C(=O)/C=C(\O)c2ccccc2)ccc2oc(-c3ccc(OCc4ccccc4)cc3)cc12. The lowest BCUT2D eigenvalue weighted by atomic mass is 10.0. The lowest BCUT2D eigenvalue weighted by Gasteiger charge is -2.07. The quantitative estimate of drug-likeness (QED) is 0.143. The topological polar surface area (TPSA) is 68.9 Å². The molecule has 0 spiro atoms. The van der Waals surface area contributed by atoms with E-state index in [1.807, 2.05) is 66.7 Å². The maximum atomic E-state index is 13.0. The molecule has 1 N–H and O–H groups in total. The smallest absolute Gasteiger partial charge is 0.193 e. The zero-order valence-corrected chi connectivity index (χ0v) is 19.7. The molecular weight excluding hydrogens is 452 g/mol. The third-order valence-corrected chi connectivity index (χ3v) is 5.85. The number of carbonyl (C=O) groups excluding carboxylic acids is 1. The minimum atomic E-state index is -0.363. The molecule has 0 aliphatic rings. The Labute approximate surface area is 208 Å². The van der Waals surface area contributed by atoms with Gasteiger partial charge in [0.05, 0.1) is 18.1 Å². The fourth-order valence-electron chi connectivity index (χ4n) is 3.99. The largest absolute Gasteiger partial charge is 0.507 e. The Kier molecular flexibility index (Phi) is 6.54. The molecule has 5 rings (SSSR count). The predicted molar refractivity (Wildman–Crippen MR) is 140 cm³/mol. The van der Waals surface area contributed by atoms with Crippen LogP contribution >= 0.6 is 0 Å². The van der Waals surface area contributed by atoms with Crippen molar-refractivity contribution in [3.63, 3.8) is 0 Å². The summed E-state index contributed by atoms with van der Waals surface area (Å²) in [5.74, 6) is 1.33. The van der Waals surface area contributed by atoms with Gasteiger partial charge in [0.1, 0.15) is 35.2 Å². The van der Waals surface area contributed by atoms with Crippen LogP contribution in [-0.2, 0) is 6.61 Å². The normalized spacial score (nSPS) is 11.4. The van der Waals surface area contributed by atoms with Gasteiger partial charge >= 0.3 is 0 Å². The van der Waals surface area contributed by atoms with Crippen LogP contribution in [0.5, 0.6) is 11.5 Å². The van der Waals surface area contributed by atoms with Gasteiger partial charge < -0.3 is 19.0 Å². The number of carbonyl (C=O) groups is 1. The molecule has 0 radical (unpaired) electrons. The van der Waals surface area contributed by atoms with Crippen molar-refractivity contribution in [3.8, 4) is 22.8 Å². The van der Waals surface area contributed by atoms with Gasteiger partial charge in [0, 0.05) is 17.2 Å². The number of allylic oxidation sites excluding steroid dienone is 1. The minimum Gasteiger partial charge on any atom is -0.507 e. The van der Waals surface area contributed by atoms with E-state index >= 15 is 0 Å². The second-order valence-electron chi connectivity index (χ2n) is 8.23. The molecule has 5 nitrogen and oxygen atoms in total. The van der Waals surface area contributed by atoms with E-state index in [1.165, 1.54) is 13.2 Å². The summed E-state index contributed by atoms with van der Waals surface area (Å²) in [7, 11) is 1.51. The van der Waals surface area contributed by atoms with Gasteiger partial charge in [-0.1, -0.05) is 60.7 Å². The van der Waals surface area contributed by atoms with E-state index in [2.05, 4.69) is 0 Å². The first kappa shape index (κ1) is 23.0. The number of fused-ring (bicyclic) bond motifs is 1. The molecule has 0 aliphatic heterocycles. The Hall–Kier alpha value is -4.77. The van der Waals surface area contributed by atoms with Crippen LogP contribution in [0.1, 0.15) is 21.5 Å². The summed E-state index contributed by atoms with van der Waals surface area (Å²) < 4.78 is 17.5. The summed E-state index contributed by atoms with van der Waals surface area (Å²) in [5, 5.41) is 11.1. The Morgan fingerprint density at radius 2 is 1.58 bits per heavy atom. The maximum Gasteiger partial charge on any atom is 0.193 e. The first-order valence-electron chi connectivity index (χ1n) is 11.5. The van der Waals surface area contributed by atoms with Crippen molar-refractivity contribution in [2.75, 3.05) is 7.11 Å². The van der Waals surface area contributed by atoms with Gasteiger partial charge in [0.15, 0.2) is 5.78 Å². The molecule has 5 aromatic rings. The molecule has 1 heterocycles. The molecule has 0 bridgehead atoms. The van der Waals surface area contributed by atoms with Gasteiger partial charge in [-0.05, 0) is 48.0 Å². The number of benzene rings is 4. The summed E-state index contributed by atoms with van der Waals surface area (Å²) in [6, 6.07) is 31.8. The van der Waals surface area contributed by atoms with E-state index in [9.17, 15) is 9.90 Å². The molecule has 0 aliphatic carbocycles. The number of aliphatic hydroxyl groups excluding tert-OH is 1. The Balaban J connectivity index is 1.39. The van der Waals surface area contributed by atoms with Gasteiger partial charge in [0.25, 0.3) is 0 Å². The molecule has 0 fully saturated rings. The van der Waals surface area contributed by atoms with Gasteiger partial charge in [-0.3, -0.25) is 4.79 Å². The number of hydrogen-bond donors (Lipinski definition) is 1. The monoisotopic (exact) mass is 476 g/mol. The lowest BCUT2D eigenvalue weighted by Crippen LogP contribution is -2.00. The molecular formula is C31H24O5. The number of furan rings is 1. The van der Waals surface area contributed by atoms with Crippen molar-refractivity contribution in [2.24, 2.45) is 0 Å². The summed E-state index contributed by atoms with van der Waals surface area (Å²) >= 11 is 0. The van der Waals surface area contributed by atoms with E-state index < -0.39 is 0 Å². The van der Waals surface area contributed by atoms with Gasteiger partial charge in [-0.25, -0.2) is 0 Å². The minimum absolute atomic E-state index is 0.106. The van der Waals surface area contributed by atoms with Gasteiger partial charge in [0.2, 0.25) is 0 Å². The van der Waals surface area contributed by atoms with E-state index in [1.54, 1.807) is 36.4 Å². The molecule has 0 saturated carbocycles. The third kappa shape index (κ3) is 4.86. The first-order chi connectivity index (χ1) is 17.6. The van der Waals surface area contributed by atoms with Crippen LogP contribution < -0.4 is 9.47 Å². The molecule has 0 unspecified atom stereocenters. The van der Waals surface area contributed by atoms with E-state index in [0.717, 1.165) is 16.9 Å². The number of rotatable bonds is 8. The number of hydrogen-bond acceptors (Lipinski definition) is 5.